The molecule has 4 atom stereocenters. The van der Waals surface area contributed by atoms with Crippen molar-refractivity contribution in [1.82, 2.24) is 5.32 Å². The molecule has 23 heavy (non-hydrogen) atoms. The van der Waals surface area contributed by atoms with Crippen LogP contribution in [-0.4, -0.2) is 46.8 Å². The molecule has 0 aliphatic carbocycles. The lowest BCUT2D eigenvalue weighted by Crippen LogP contribution is -2.36. The van der Waals surface area contributed by atoms with E-state index in [0.29, 0.717) is 11.1 Å². The third-order valence-electron chi connectivity index (χ3n) is 4.09. The van der Waals surface area contributed by atoms with Crippen LogP contribution in [-0.2, 0) is 14.3 Å². The first-order valence-corrected chi connectivity index (χ1v) is 7.35. The van der Waals surface area contributed by atoms with Crippen LogP contribution < -0.4 is 5.32 Å². The van der Waals surface area contributed by atoms with E-state index in [9.17, 15) is 24.6 Å². The minimum atomic E-state index is -1.10. The number of rotatable bonds is 5. The van der Waals surface area contributed by atoms with Crippen LogP contribution in [0.2, 0.25) is 0 Å². The summed E-state index contributed by atoms with van der Waals surface area (Å²) in [4.78, 5) is 34.6. The molecule has 0 bridgehead atoms. The zero-order valence-electron chi connectivity index (χ0n) is 12.9. The van der Waals surface area contributed by atoms with E-state index < -0.39 is 41.8 Å². The van der Waals surface area contributed by atoms with Crippen molar-refractivity contribution in [1.29, 1.82) is 0 Å². The Hall–Kier alpha value is -2.41. The van der Waals surface area contributed by atoms with Gasteiger partial charge in [0.05, 0.1) is 18.1 Å². The predicted octanol–water partition coefficient (Wildman–Crippen LogP) is 1.09. The fourth-order valence-corrected chi connectivity index (χ4v) is 3.06. The van der Waals surface area contributed by atoms with Crippen molar-refractivity contribution in [3.05, 3.63) is 35.4 Å². The topological polar surface area (TPSA) is 113 Å². The molecular formula is C16H19NO6. The minimum Gasteiger partial charge on any atom is -0.481 e. The third-order valence-corrected chi connectivity index (χ3v) is 4.09. The first kappa shape index (κ1) is 17.0. The Labute approximate surface area is 133 Å². The molecule has 4 unspecified atom stereocenters. The Morgan fingerprint density at radius 2 is 1.74 bits per heavy atom. The van der Waals surface area contributed by atoms with Crippen LogP contribution in [0.15, 0.2) is 24.3 Å². The second-order valence-electron chi connectivity index (χ2n) is 5.50. The van der Waals surface area contributed by atoms with Crippen LogP contribution in [0.25, 0.3) is 0 Å². The first-order valence-electron chi connectivity index (χ1n) is 7.35. The fourth-order valence-electron chi connectivity index (χ4n) is 3.06. The molecule has 7 heteroatoms. The van der Waals surface area contributed by atoms with E-state index in [1.807, 2.05) is 0 Å². The van der Waals surface area contributed by atoms with E-state index in [4.69, 9.17) is 4.74 Å². The highest BCUT2D eigenvalue weighted by molar-refractivity contribution is 5.89. The number of ether oxygens (including phenoxy) is 1. The number of nitrogens with one attached hydrogen (secondary N) is 1. The van der Waals surface area contributed by atoms with Gasteiger partial charge >= 0.3 is 17.9 Å². The van der Waals surface area contributed by atoms with Crippen molar-refractivity contribution in [3.8, 4) is 0 Å². The van der Waals surface area contributed by atoms with Gasteiger partial charge in [-0.1, -0.05) is 12.1 Å². The van der Waals surface area contributed by atoms with Crippen molar-refractivity contribution in [2.24, 2.45) is 5.92 Å². The van der Waals surface area contributed by atoms with Gasteiger partial charge in [-0.3, -0.25) is 9.59 Å². The molecule has 1 aromatic carbocycles. The molecule has 7 nitrogen and oxygen atoms in total. The molecule has 1 heterocycles. The standard InChI is InChI=1S/C16H19NO6/c1-3-23-16(22)10-6-4-9(5-7-10)12-11(14(18)19)8(2)17-13(12)15(20)21/h4-8,11-13,17H,3H2,1-2H3,(H,18,19)(H,20,21). The van der Waals surface area contributed by atoms with E-state index in [-0.39, 0.29) is 6.61 Å². The van der Waals surface area contributed by atoms with Crippen molar-refractivity contribution in [3.63, 3.8) is 0 Å². The normalized spacial score (nSPS) is 26.7. The number of hydrogen-bond acceptors (Lipinski definition) is 5. The fraction of sp³-hybridized carbons (Fsp3) is 0.438. The van der Waals surface area contributed by atoms with E-state index in [1.165, 1.54) is 12.1 Å². The molecule has 1 aliphatic rings. The number of aliphatic carboxylic acids is 2. The quantitative estimate of drug-likeness (QED) is 0.696. The van der Waals surface area contributed by atoms with Crippen LogP contribution in [0.5, 0.6) is 0 Å². The van der Waals surface area contributed by atoms with Crippen LogP contribution >= 0.6 is 0 Å². The molecule has 1 saturated heterocycles. The molecule has 0 aromatic heterocycles. The zero-order valence-corrected chi connectivity index (χ0v) is 12.9. The average Bonchev–Trinajstić information content (AvgIpc) is 2.85. The van der Waals surface area contributed by atoms with E-state index >= 15 is 0 Å². The first-order chi connectivity index (χ1) is 10.9. The van der Waals surface area contributed by atoms with Gasteiger partial charge in [-0.15, -0.1) is 0 Å². The maximum atomic E-state index is 11.7. The van der Waals surface area contributed by atoms with Gasteiger partial charge in [0.1, 0.15) is 6.04 Å². The molecule has 0 saturated carbocycles. The summed E-state index contributed by atoms with van der Waals surface area (Å²) in [5, 5.41) is 21.6. The van der Waals surface area contributed by atoms with E-state index in [0.717, 1.165) is 0 Å². The lowest BCUT2D eigenvalue weighted by Gasteiger charge is -2.20. The van der Waals surface area contributed by atoms with Crippen molar-refractivity contribution >= 4 is 17.9 Å². The number of carboxylic acids is 2. The highest BCUT2D eigenvalue weighted by Crippen LogP contribution is 2.37. The molecule has 2 rings (SSSR count). The Balaban J connectivity index is 2.34. The maximum Gasteiger partial charge on any atom is 0.338 e. The maximum absolute atomic E-state index is 11.7. The lowest BCUT2D eigenvalue weighted by molar-refractivity contribution is -0.142. The number of carbonyl (C=O) groups excluding carboxylic acids is 1. The summed E-state index contributed by atoms with van der Waals surface area (Å²) in [5.41, 5.74) is 0.906. The summed E-state index contributed by atoms with van der Waals surface area (Å²) in [7, 11) is 0. The van der Waals surface area contributed by atoms with Gasteiger partial charge in [-0.25, -0.2) is 4.79 Å². The van der Waals surface area contributed by atoms with E-state index in [1.54, 1.807) is 26.0 Å². The summed E-state index contributed by atoms with van der Waals surface area (Å²) in [6.45, 7) is 3.61. The Kier molecular flexibility index (Phi) is 5.00. The van der Waals surface area contributed by atoms with Crippen molar-refractivity contribution in [2.45, 2.75) is 31.8 Å². The number of carbonyl (C=O) groups is 3. The van der Waals surface area contributed by atoms with Gasteiger partial charge in [0.2, 0.25) is 0 Å². The van der Waals surface area contributed by atoms with Crippen molar-refractivity contribution in [2.75, 3.05) is 6.61 Å². The smallest absolute Gasteiger partial charge is 0.338 e. The highest BCUT2D eigenvalue weighted by atomic mass is 16.5. The zero-order chi connectivity index (χ0) is 17.1. The van der Waals surface area contributed by atoms with Crippen LogP contribution in [0, 0.1) is 5.92 Å². The van der Waals surface area contributed by atoms with Gasteiger partial charge in [0.15, 0.2) is 0 Å². The molecule has 0 spiro atoms. The monoisotopic (exact) mass is 321 g/mol. The Morgan fingerprint density at radius 3 is 2.22 bits per heavy atom. The molecule has 124 valence electrons. The largest absolute Gasteiger partial charge is 0.481 e. The number of benzene rings is 1. The van der Waals surface area contributed by atoms with Gasteiger partial charge in [-0.05, 0) is 31.5 Å². The third kappa shape index (κ3) is 3.34. The van der Waals surface area contributed by atoms with Gasteiger partial charge < -0.3 is 20.3 Å². The second-order valence-corrected chi connectivity index (χ2v) is 5.50. The van der Waals surface area contributed by atoms with Gasteiger partial charge in [0, 0.05) is 12.0 Å². The minimum absolute atomic E-state index is 0.257. The molecule has 1 aromatic rings. The Bertz CT molecular complexity index is 612. The number of esters is 1. The number of hydrogen-bond donors (Lipinski definition) is 3. The van der Waals surface area contributed by atoms with Crippen molar-refractivity contribution < 1.29 is 29.3 Å². The van der Waals surface area contributed by atoms with Crippen LogP contribution in [0.4, 0.5) is 0 Å². The summed E-state index contributed by atoms with van der Waals surface area (Å²) in [5.74, 6) is -4.18. The molecular weight excluding hydrogens is 302 g/mol. The predicted molar refractivity (Wildman–Crippen MR) is 80.3 cm³/mol. The van der Waals surface area contributed by atoms with Crippen LogP contribution in [0.3, 0.4) is 0 Å². The van der Waals surface area contributed by atoms with Crippen LogP contribution in [0.1, 0.15) is 35.7 Å². The molecule has 0 radical (unpaired) electrons. The summed E-state index contributed by atoms with van der Waals surface area (Å²) in [6.07, 6.45) is 0. The van der Waals surface area contributed by atoms with Gasteiger partial charge in [0.25, 0.3) is 0 Å². The summed E-state index contributed by atoms with van der Waals surface area (Å²) >= 11 is 0. The average molecular weight is 321 g/mol. The molecule has 1 aliphatic heterocycles. The second kappa shape index (κ2) is 6.78. The summed E-state index contributed by atoms with van der Waals surface area (Å²) in [6, 6.07) is 4.76. The molecule has 0 amide bonds. The summed E-state index contributed by atoms with van der Waals surface area (Å²) < 4.78 is 4.89. The van der Waals surface area contributed by atoms with E-state index in [2.05, 4.69) is 5.32 Å². The molecule has 1 fully saturated rings. The van der Waals surface area contributed by atoms with Gasteiger partial charge in [-0.2, -0.15) is 0 Å². The lowest BCUT2D eigenvalue weighted by atomic mass is 9.81. The number of carboxylic acid groups (broad SMARTS) is 2. The highest BCUT2D eigenvalue weighted by Gasteiger charge is 2.48. The Morgan fingerprint density at radius 1 is 1.13 bits per heavy atom. The molecule has 3 N–H and O–H groups in total. The SMILES string of the molecule is CCOC(=O)c1ccc(C2C(C(=O)O)NC(C)C2C(=O)O)cc1.